The van der Waals surface area contributed by atoms with Crippen LogP contribution in [-0.2, 0) is 6.54 Å². The van der Waals surface area contributed by atoms with E-state index in [1.807, 2.05) is 30.3 Å². The van der Waals surface area contributed by atoms with Crippen molar-refractivity contribution in [1.29, 1.82) is 0 Å². The van der Waals surface area contributed by atoms with Gasteiger partial charge in [0.25, 0.3) is 0 Å². The van der Waals surface area contributed by atoms with Crippen molar-refractivity contribution in [3.05, 3.63) is 72.1 Å². The van der Waals surface area contributed by atoms with Gasteiger partial charge in [-0.1, -0.05) is 42.5 Å². The molecular formula is C16H11F3N2. The molecule has 2 aromatic carbocycles. The molecule has 0 amide bonds. The predicted octanol–water partition coefficient (Wildman–Crippen LogP) is 4.62. The van der Waals surface area contributed by atoms with Crippen LogP contribution in [0.3, 0.4) is 0 Å². The fourth-order valence-corrected chi connectivity index (χ4v) is 2.25. The number of hydrogen-bond acceptors (Lipinski definition) is 1. The largest absolute Gasteiger partial charge is 0.317 e. The maximum atomic E-state index is 13.7. The summed E-state index contributed by atoms with van der Waals surface area (Å²) in [4.78, 5) is 3.98. The molecule has 1 aromatic heterocycles. The third-order valence-corrected chi connectivity index (χ3v) is 3.20. The van der Waals surface area contributed by atoms with Crippen molar-refractivity contribution in [3.8, 4) is 0 Å². The van der Waals surface area contributed by atoms with Crippen LogP contribution in [0.4, 0.5) is 13.2 Å². The average molecular weight is 288 g/mol. The first kappa shape index (κ1) is 13.4. The number of fused-ring (bicyclic) bond motifs is 1. The van der Waals surface area contributed by atoms with E-state index >= 15 is 0 Å². The van der Waals surface area contributed by atoms with Crippen molar-refractivity contribution in [2.75, 3.05) is 0 Å². The highest BCUT2D eigenvalue weighted by Crippen LogP contribution is 2.26. The Labute approximate surface area is 119 Å². The van der Waals surface area contributed by atoms with Crippen LogP contribution in [0.15, 0.2) is 60.7 Å². The van der Waals surface area contributed by atoms with Crippen molar-refractivity contribution >= 4 is 16.9 Å². The van der Waals surface area contributed by atoms with Crippen LogP contribution < -0.4 is 0 Å². The van der Waals surface area contributed by atoms with Gasteiger partial charge in [-0.25, -0.2) is 4.98 Å². The zero-order chi connectivity index (χ0) is 14.8. The average Bonchev–Trinajstić information content (AvgIpc) is 2.86. The maximum absolute atomic E-state index is 13.7. The van der Waals surface area contributed by atoms with Crippen LogP contribution in [0.5, 0.6) is 0 Å². The van der Waals surface area contributed by atoms with E-state index in [0.717, 1.165) is 5.56 Å². The summed E-state index contributed by atoms with van der Waals surface area (Å²) in [5.74, 6) is -1.93. The van der Waals surface area contributed by atoms with Gasteiger partial charge in [-0.2, -0.15) is 13.2 Å². The number of aromatic nitrogens is 2. The highest BCUT2D eigenvalue weighted by atomic mass is 19.3. The van der Waals surface area contributed by atoms with E-state index in [9.17, 15) is 13.2 Å². The molecule has 0 bridgehead atoms. The second kappa shape index (κ2) is 5.44. The number of benzene rings is 2. The smallest absolute Gasteiger partial charge is 0.309 e. The fraction of sp³-hybridized carbons (Fsp3) is 0.0625. The Morgan fingerprint density at radius 1 is 0.905 bits per heavy atom. The van der Waals surface area contributed by atoms with E-state index in [4.69, 9.17) is 0 Å². The lowest BCUT2D eigenvalue weighted by atomic mass is 10.2. The third-order valence-electron chi connectivity index (χ3n) is 3.20. The Balaban J connectivity index is 2.19. The van der Waals surface area contributed by atoms with E-state index in [1.165, 1.54) is 4.57 Å². The molecule has 0 atom stereocenters. The molecule has 2 nitrogen and oxygen atoms in total. The Kier molecular flexibility index (Phi) is 3.48. The van der Waals surface area contributed by atoms with Crippen LogP contribution in [-0.4, -0.2) is 9.55 Å². The van der Waals surface area contributed by atoms with Gasteiger partial charge in [0.2, 0.25) is 5.83 Å². The Bertz CT molecular complexity index is 803. The Morgan fingerprint density at radius 3 is 2.29 bits per heavy atom. The quantitative estimate of drug-likeness (QED) is 0.687. The van der Waals surface area contributed by atoms with Crippen molar-refractivity contribution in [3.63, 3.8) is 0 Å². The minimum Gasteiger partial charge on any atom is -0.317 e. The minimum atomic E-state index is -2.36. The van der Waals surface area contributed by atoms with Gasteiger partial charge in [0.1, 0.15) is 0 Å². The van der Waals surface area contributed by atoms with Gasteiger partial charge in [-0.05, 0) is 17.7 Å². The monoisotopic (exact) mass is 288 g/mol. The van der Waals surface area contributed by atoms with Crippen molar-refractivity contribution < 1.29 is 13.2 Å². The van der Waals surface area contributed by atoms with E-state index in [1.54, 1.807) is 24.3 Å². The van der Waals surface area contributed by atoms with Gasteiger partial charge in [-0.15, -0.1) is 0 Å². The molecule has 0 radical (unpaired) electrons. The third kappa shape index (κ3) is 2.54. The molecule has 0 fully saturated rings. The van der Waals surface area contributed by atoms with E-state index in [2.05, 4.69) is 4.98 Å². The molecule has 21 heavy (non-hydrogen) atoms. The SMILES string of the molecule is FC(F)=C(F)c1nc2ccccc2n1Cc1ccccc1. The second-order valence-corrected chi connectivity index (χ2v) is 4.57. The maximum Gasteiger partial charge on any atom is 0.309 e. The summed E-state index contributed by atoms with van der Waals surface area (Å²) >= 11 is 0. The molecule has 0 spiro atoms. The first-order chi connectivity index (χ1) is 10.2. The molecule has 3 rings (SSSR count). The minimum absolute atomic E-state index is 0.275. The molecule has 5 heteroatoms. The summed E-state index contributed by atoms with van der Waals surface area (Å²) in [7, 11) is 0. The summed E-state index contributed by atoms with van der Waals surface area (Å²) in [5.41, 5.74) is 1.99. The molecule has 1 heterocycles. The van der Waals surface area contributed by atoms with E-state index < -0.39 is 11.9 Å². The second-order valence-electron chi connectivity index (χ2n) is 4.57. The normalized spacial score (nSPS) is 10.8. The molecule has 106 valence electrons. The summed E-state index contributed by atoms with van der Waals surface area (Å²) in [6, 6.07) is 16.2. The van der Waals surface area contributed by atoms with Crippen molar-refractivity contribution in [2.45, 2.75) is 6.54 Å². The lowest BCUT2D eigenvalue weighted by Crippen LogP contribution is -2.04. The molecule has 3 aromatic rings. The number of imidazole rings is 1. The molecule has 0 aliphatic rings. The van der Waals surface area contributed by atoms with Crippen LogP contribution in [0.1, 0.15) is 11.4 Å². The number of nitrogens with zero attached hydrogens (tertiary/aromatic N) is 2. The van der Waals surface area contributed by atoms with Crippen molar-refractivity contribution in [1.82, 2.24) is 9.55 Å². The van der Waals surface area contributed by atoms with Crippen LogP contribution in [0, 0.1) is 0 Å². The lowest BCUT2D eigenvalue weighted by molar-refractivity contribution is 0.408. The number of hydrogen-bond donors (Lipinski definition) is 0. The standard InChI is InChI=1S/C16H11F3N2/c17-14(15(18)19)16-20-12-8-4-5-9-13(12)21(16)10-11-6-2-1-3-7-11/h1-9H,10H2. The fourth-order valence-electron chi connectivity index (χ4n) is 2.25. The highest BCUT2D eigenvalue weighted by Gasteiger charge is 2.18. The van der Waals surface area contributed by atoms with Gasteiger partial charge in [-0.3, -0.25) is 0 Å². The number of para-hydroxylation sites is 2. The zero-order valence-corrected chi connectivity index (χ0v) is 10.9. The van der Waals surface area contributed by atoms with Gasteiger partial charge in [0.05, 0.1) is 11.0 Å². The zero-order valence-electron chi connectivity index (χ0n) is 10.9. The van der Waals surface area contributed by atoms with Gasteiger partial charge in [0, 0.05) is 6.54 Å². The summed E-state index contributed by atoms with van der Waals surface area (Å²) in [5, 5.41) is 0. The number of halogens is 3. The summed E-state index contributed by atoms with van der Waals surface area (Å²) in [6.45, 7) is 0.275. The van der Waals surface area contributed by atoms with Gasteiger partial charge < -0.3 is 4.57 Å². The predicted molar refractivity (Wildman–Crippen MR) is 75.5 cm³/mol. The lowest BCUT2D eigenvalue weighted by Gasteiger charge is -2.08. The van der Waals surface area contributed by atoms with Gasteiger partial charge in [0.15, 0.2) is 5.82 Å². The molecule has 0 saturated carbocycles. The van der Waals surface area contributed by atoms with E-state index in [0.29, 0.717) is 11.0 Å². The molecule has 0 aliphatic carbocycles. The Hall–Kier alpha value is -2.56. The van der Waals surface area contributed by atoms with Crippen molar-refractivity contribution in [2.24, 2.45) is 0 Å². The molecule has 0 saturated heterocycles. The molecular weight excluding hydrogens is 277 g/mol. The van der Waals surface area contributed by atoms with Crippen LogP contribution >= 0.6 is 0 Å². The topological polar surface area (TPSA) is 17.8 Å². The van der Waals surface area contributed by atoms with E-state index in [-0.39, 0.29) is 12.4 Å². The summed E-state index contributed by atoms with van der Waals surface area (Å²) < 4.78 is 40.4. The first-order valence-electron chi connectivity index (χ1n) is 6.37. The van der Waals surface area contributed by atoms with Crippen LogP contribution in [0.25, 0.3) is 16.9 Å². The van der Waals surface area contributed by atoms with Gasteiger partial charge >= 0.3 is 6.08 Å². The number of rotatable bonds is 3. The summed E-state index contributed by atoms with van der Waals surface area (Å²) in [6.07, 6.45) is -2.36. The highest BCUT2D eigenvalue weighted by molar-refractivity contribution is 5.79. The van der Waals surface area contributed by atoms with Crippen LogP contribution in [0.2, 0.25) is 0 Å². The first-order valence-corrected chi connectivity index (χ1v) is 6.37. The molecule has 0 N–H and O–H groups in total. The Morgan fingerprint density at radius 2 is 1.57 bits per heavy atom. The molecule has 0 aliphatic heterocycles. The molecule has 0 unspecified atom stereocenters.